The lowest BCUT2D eigenvalue weighted by molar-refractivity contribution is 0.0947. The molecule has 1 atom stereocenters. The van der Waals surface area contributed by atoms with E-state index in [2.05, 4.69) is 20.6 Å². The molecule has 3 aromatic rings. The number of nitrogens with zero attached hydrogens (tertiary/aromatic N) is 3. The maximum atomic E-state index is 12.0. The standard InChI is InChI=1S/C17H18ClN5O2/c1-11(24)15-10-16(21-20-15)17(25)19-6-8-23-7-5-14(22-23)12-3-2-4-13(18)9-12/h2-5,7,9-11,24H,6,8H2,1H3,(H,19,25)(H,20,21). The zero-order valence-electron chi connectivity index (χ0n) is 13.6. The highest BCUT2D eigenvalue weighted by molar-refractivity contribution is 6.30. The molecule has 1 amide bonds. The molecule has 0 fully saturated rings. The number of benzene rings is 1. The molecule has 2 heterocycles. The van der Waals surface area contributed by atoms with E-state index in [0.29, 0.717) is 23.8 Å². The van der Waals surface area contributed by atoms with Gasteiger partial charge in [0.05, 0.1) is 24.0 Å². The smallest absolute Gasteiger partial charge is 0.271 e. The van der Waals surface area contributed by atoms with Crippen molar-refractivity contribution in [2.45, 2.75) is 19.6 Å². The summed E-state index contributed by atoms with van der Waals surface area (Å²) in [7, 11) is 0. The molecule has 0 radical (unpaired) electrons. The second-order valence-corrected chi connectivity index (χ2v) is 6.05. The Kier molecular flexibility index (Phi) is 5.16. The first-order valence-electron chi connectivity index (χ1n) is 7.84. The molecule has 0 saturated heterocycles. The summed E-state index contributed by atoms with van der Waals surface area (Å²) >= 11 is 5.99. The number of hydrogen-bond donors (Lipinski definition) is 3. The molecule has 8 heteroatoms. The van der Waals surface area contributed by atoms with Crippen LogP contribution in [0.4, 0.5) is 0 Å². The quantitative estimate of drug-likeness (QED) is 0.629. The summed E-state index contributed by atoms with van der Waals surface area (Å²) in [5.74, 6) is -0.301. The lowest BCUT2D eigenvalue weighted by atomic mass is 10.2. The molecule has 130 valence electrons. The third kappa shape index (κ3) is 4.26. The average molecular weight is 360 g/mol. The van der Waals surface area contributed by atoms with E-state index in [-0.39, 0.29) is 11.6 Å². The van der Waals surface area contributed by atoms with Crippen LogP contribution in [0.25, 0.3) is 11.3 Å². The number of aromatic amines is 1. The van der Waals surface area contributed by atoms with Gasteiger partial charge in [0, 0.05) is 23.3 Å². The van der Waals surface area contributed by atoms with Crippen molar-refractivity contribution < 1.29 is 9.90 Å². The van der Waals surface area contributed by atoms with Crippen LogP contribution in [0.1, 0.15) is 29.2 Å². The van der Waals surface area contributed by atoms with Gasteiger partial charge in [-0.25, -0.2) is 0 Å². The first-order chi connectivity index (χ1) is 12.0. The van der Waals surface area contributed by atoms with E-state index in [1.165, 1.54) is 6.07 Å². The molecule has 0 bridgehead atoms. The van der Waals surface area contributed by atoms with Crippen LogP contribution >= 0.6 is 11.6 Å². The van der Waals surface area contributed by atoms with E-state index in [9.17, 15) is 9.90 Å². The number of amides is 1. The topological polar surface area (TPSA) is 95.8 Å². The van der Waals surface area contributed by atoms with Gasteiger partial charge in [-0.2, -0.15) is 10.2 Å². The summed E-state index contributed by atoms with van der Waals surface area (Å²) in [6.45, 7) is 2.54. The minimum atomic E-state index is -0.692. The number of hydrogen-bond acceptors (Lipinski definition) is 4. The lowest BCUT2D eigenvalue weighted by Gasteiger charge is -2.04. The van der Waals surface area contributed by atoms with Crippen LogP contribution in [0.15, 0.2) is 42.6 Å². The Morgan fingerprint density at radius 3 is 2.96 bits per heavy atom. The Bertz CT molecular complexity index is 871. The molecule has 0 aliphatic rings. The maximum absolute atomic E-state index is 12.0. The van der Waals surface area contributed by atoms with Gasteiger partial charge in [0.15, 0.2) is 0 Å². The Balaban J connectivity index is 1.54. The van der Waals surface area contributed by atoms with Crippen LogP contribution in [-0.4, -0.2) is 37.5 Å². The predicted molar refractivity (Wildman–Crippen MR) is 94.2 cm³/mol. The number of carbonyl (C=O) groups excluding carboxylic acids is 1. The van der Waals surface area contributed by atoms with Crippen molar-refractivity contribution in [2.24, 2.45) is 0 Å². The first-order valence-corrected chi connectivity index (χ1v) is 8.21. The molecule has 1 unspecified atom stereocenters. The lowest BCUT2D eigenvalue weighted by Crippen LogP contribution is -2.27. The van der Waals surface area contributed by atoms with Crippen molar-refractivity contribution in [3.8, 4) is 11.3 Å². The molecule has 1 aromatic carbocycles. The molecule has 0 aliphatic carbocycles. The third-order valence-corrected chi connectivity index (χ3v) is 3.90. The van der Waals surface area contributed by atoms with Gasteiger partial charge in [0.2, 0.25) is 0 Å². The largest absolute Gasteiger partial charge is 0.387 e. The second kappa shape index (κ2) is 7.50. The summed E-state index contributed by atoms with van der Waals surface area (Å²) in [5, 5.41) is 23.9. The second-order valence-electron chi connectivity index (χ2n) is 5.61. The van der Waals surface area contributed by atoms with Crippen molar-refractivity contribution in [3.63, 3.8) is 0 Å². The van der Waals surface area contributed by atoms with Gasteiger partial charge >= 0.3 is 0 Å². The Labute approximate surface area is 149 Å². The first kappa shape index (κ1) is 17.2. The molecular weight excluding hydrogens is 342 g/mol. The number of carbonyl (C=O) groups is 1. The normalized spacial score (nSPS) is 12.1. The Hall–Kier alpha value is -2.64. The van der Waals surface area contributed by atoms with Crippen molar-refractivity contribution >= 4 is 17.5 Å². The number of H-pyrrole nitrogens is 1. The highest BCUT2D eigenvalue weighted by Gasteiger charge is 2.12. The van der Waals surface area contributed by atoms with Crippen LogP contribution < -0.4 is 5.32 Å². The number of rotatable bonds is 6. The van der Waals surface area contributed by atoms with Crippen LogP contribution in [0, 0.1) is 0 Å². The fourth-order valence-electron chi connectivity index (χ4n) is 2.33. The summed E-state index contributed by atoms with van der Waals surface area (Å²) in [6.07, 6.45) is 1.16. The van der Waals surface area contributed by atoms with Crippen molar-refractivity contribution in [1.29, 1.82) is 0 Å². The predicted octanol–water partition coefficient (Wildman–Crippen LogP) is 2.41. The minimum absolute atomic E-state index is 0.246. The number of halogens is 1. The fourth-order valence-corrected chi connectivity index (χ4v) is 2.52. The van der Waals surface area contributed by atoms with Crippen LogP contribution in [0.3, 0.4) is 0 Å². The van der Waals surface area contributed by atoms with Gasteiger partial charge in [0.25, 0.3) is 5.91 Å². The van der Waals surface area contributed by atoms with E-state index in [4.69, 9.17) is 11.6 Å². The van der Waals surface area contributed by atoms with Crippen molar-refractivity contribution in [2.75, 3.05) is 6.54 Å². The maximum Gasteiger partial charge on any atom is 0.271 e. The average Bonchev–Trinajstić information content (AvgIpc) is 3.24. The van der Waals surface area contributed by atoms with Gasteiger partial charge in [-0.3, -0.25) is 14.6 Å². The molecular formula is C17H18ClN5O2. The fraction of sp³-hybridized carbons (Fsp3) is 0.235. The van der Waals surface area contributed by atoms with Crippen molar-refractivity contribution in [3.05, 3.63) is 59.0 Å². The van der Waals surface area contributed by atoms with E-state index >= 15 is 0 Å². The summed E-state index contributed by atoms with van der Waals surface area (Å²) in [4.78, 5) is 12.0. The summed E-state index contributed by atoms with van der Waals surface area (Å²) < 4.78 is 1.75. The molecule has 0 spiro atoms. The van der Waals surface area contributed by atoms with Gasteiger partial charge < -0.3 is 10.4 Å². The molecule has 7 nitrogen and oxygen atoms in total. The van der Waals surface area contributed by atoms with E-state index in [1.807, 2.05) is 36.5 Å². The molecule has 25 heavy (non-hydrogen) atoms. The third-order valence-electron chi connectivity index (χ3n) is 3.67. The van der Waals surface area contributed by atoms with Gasteiger partial charge in [-0.1, -0.05) is 23.7 Å². The van der Waals surface area contributed by atoms with E-state index in [1.54, 1.807) is 11.6 Å². The Morgan fingerprint density at radius 1 is 1.40 bits per heavy atom. The molecule has 3 N–H and O–H groups in total. The number of nitrogens with one attached hydrogen (secondary N) is 2. The highest BCUT2D eigenvalue weighted by atomic mass is 35.5. The monoisotopic (exact) mass is 359 g/mol. The van der Waals surface area contributed by atoms with Gasteiger partial charge in [-0.05, 0) is 31.2 Å². The molecule has 2 aromatic heterocycles. The number of aromatic nitrogens is 4. The van der Waals surface area contributed by atoms with E-state index in [0.717, 1.165) is 11.3 Å². The van der Waals surface area contributed by atoms with Crippen LogP contribution in [0.5, 0.6) is 0 Å². The Morgan fingerprint density at radius 2 is 2.24 bits per heavy atom. The zero-order chi connectivity index (χ0) is 17.8. The minimum Gasteiger partial charge on any atom is -0.387 e. The SMILES string of the molecule is CC(O)c1cc(C(=O)NCCn2ccc(-c3cccc(Cl)c3)n2)n[nH]1. The van der Waals surface area contributed by atoms with Gasteiger partial charge in [0.1, 0.15) is 5.69 Å². The summed E-state index contributed by atoms with van der Waals surface area (Å²) in [5.41, 5.74) is 2.51. The molecule has 0 aliphatic heterocycles. The number of aliphatic hydroxyl groups excluding tert-OH is 1. The van der Waals surface area contributed by atoms with E-state index < -0.39 is 6.10 Å². The summed E-state index contributed by atoms with van der Waals surface area (Å²) in [6, 6.07) is 10.9. The highest BCUT2D eigenvalue weighted by Crippen LogP contribution is 2.20. The molecule has 3 rings (SSSR count). The van der Waals surface area contributed by atoms with Crippen LogP contribution in [0.2, 0.25) is 5.02 Å². The van der Waals surface area contributed by atoms with Crippen molar-refractivity contribution in [1.82, 2.24) is 25.3 Å². The zero-order valence-corrected chi connectivity index (χ0v) is 14.4. The van der Waals surface area contributed by atoms with Crippen LogP contribution in [-0.2, 0) is 6.54 Å². The molecule has 0 saturated carbocycles. The number of aliphatic hydroxyl groups is 1. The van der Waals surface area contributed by atoms with Gasteiger partial charge in [-0.15, -0.1) is 0 Å².